The zero-order valence-electron chi connectivity index (χ0n) is 11.7. The summed E-state index contributed by atoms with van der Waals surface area (Å²) in [5, 5.41) is 4.51. The molecule has 0 fully saturated rings. The number of allylic oxidation sites excluding steroid dienone is 2. The Bertz CT molecular complexity index is 904. The minimum atomic E-state index is -0.466. The van der Waals surface area contributed by atoms with Gasteiger partial charge in [-0.05, 0) is 18.2 Å². The van der Waals surface area contributed by atoms with E-state index in [4.69, 9.17) is 4.42 Å². The van der Waals surface area contributed by atoms with Gasteiger partial charge in [-0.25, -0.2) is 4.79 Å². The molecule has 0 spiro atoms. The molecule has 4 nitrogen and oxygen atoms in total. The second kappa shape index (κ2) is 6.05. The molecule has 2 aromatic rings. The van der Waals surface area contributed by atoms with E-state index in [1.165, 1.54) is 6.92 Å². The summed E-state index contributed by atoms with van der Waals surface area (Å²) >= 11 is 0. The molecule has 1 aromatic heterocycles. The Balaban J connectivity index is 2.91. The molecule has 1 aromatic carbocycles. The lowest BCUT2D eigenvalue weighted by Crippen LogP contribution is -2.30. The number of carbonyl (C=O) groups excluding carboxylic acids is 1. The zero-order valence-corrected chi connectivity index (χ0v) is 11.7. The van der Waals surface area contributed by atoms with Crippen LogP contribution in [0.25, 0.3) is 22.9 Å². The van der Waals surface area contributed by atoms with Gasteiger partial charge in [-0.3, -0.25) is 4.79 Å². The predicted molar refractivity (Wildman–Crippen MR) is 85.4 cm³/mol. The van der Waals surface area contributed by atoms with Crippen molar-refractivity contribution >= 4 is 34.5 Å². The van der Waals surface area contributed by atoms with E-state index in [2.05, 4.69) is 18.5 Å². The molecule has 0 bridgehead atoms. The first-order chi connectivity index (χ1) is 10.1. The van der Waals surface area contributed by atoms with Gasteiger partial charge in [0.2, 0.25) is 5.91 Å². The van der Waals surface area contributed by atoms with Crippen LogP contribution >= 0.6 is 0 Å². The summed E-state index contributed by atoms with van der Waals surface area (Å²) in [7, 11) is 0. The average Bonchev–Trinajstić information content (AvgIpc) is 2.43. The number of anilines is 1. The van der Waals surface area contributed by atoms with Gasteiger partial charge in [0, 0.05) is 23.2 Å². The molecular weight excluding hydrogens is 266 g/mol. The molecule has 4 heteroatoms. The Labute approximate surface area is 121 Å². The number of rotatable bonds is 3. The molecule has 0 saturated heterocycles. The Morgan fingerprint density at radius 1 is 1.19 bits per heavy atom. The van der Waals surface area contributed by atoms with Gasteiger partial charge in [0.25, 0.3) is 0 Å². The van der Waals surface area contributed by atoms with Gasteiger partial charge in [-0.2, -0.15) is 0 Å². The van der Waals surface area contributed by atoms with E-state index in [-0.39, 0.29) is 5.91 Å². The minimum absolute atomic E-state index is 0.201. The molecule has 1 N–H and O–H groups in total. The van der Waals surface area contributed by atoms with Gasteiger partial charge in [0.05, 0.1) is 5.39 Å². The fourth-order valence-corrected chi connectivity index (χ4v) is 2.09. The third kappa shape index (κ3) is 3.00. The third-order valence-corrected chi connectivity index (χ3v) is 2.87. The largest absolute Gasteiger partial charge is 0.422 e. The first kappa shape index (κ1) is 14.5. The Hall–Kier alpha value is -2.88. The summed E-state index contributed by atoms with van der Waals surface area (Å²) in [6.45, 7) is 8.69. The summed E-state index contributed by atoms with van der Waals surface area (Å²) in [4.78, 5) is 23.2. The summed E-state index contributed by atoms with van der Waals surface area (Å²) in [5.41, 5.74) is 0.508. The van der Waals surface area contributed by atoms with Crippen LogP contribution in [0.5, 0.6) is 0 Å². The van der Waals surface area contributed by atoms with Crippen LogP contribution < -0.4 is 21.6 Å². The number of amides is 1. The van der Waals surface area contributed by atoms with Crippen LogP contribution in [0.1, 0.15) is 6.92 Å². The maximum absolute atomic E-state index is 12.1. The van der Waals surface area contributed by atoms with Crippen LogP contribution in [0, 0.1) is 0 Å². The van der Waals surface area contributed by atoms with E-state index in [0.717, 1.165) is 10.6 Å². The Kier molecular flexibility index (Phi) is 4.18. The Morgan fingerprint density at radius 3 is 2.52 bits per heavy atom. The van der Waals surface area contributed by atoms with Crippen molar-refractivity contribution in [2.75, 3.05) is 5.32 Å². The topological polar surface area (TPSA) is 59.3 Å². The highest BCUT2D eigenvalue weighted by Gasteiger charge is 2.06. The van der Waals surface area contributed by atoms with Gasteiger partial charge in [0.1, 0.15) is 5.42 Å². The molecule has 21 heavy (non-hydrogen) atoms. The summed E-state index contributed by atoms with van der Waals surface area (Å²) in [6.07, 6.45) is 6.56. The van der Waals surface area contributed by atoms with Gasteiger partial charge >= 0.3 is 5.63 Å². The van der Waals surface area contributed by atoms with E-state index < -0.39 is 5.63 Å². The number of fused-ring (bicyclic) bond motifs is 1. The fraction of sp³-hybridized carbons (Fsp3) is 0.0588. The second-order valence-corrected chi connectivity index (χ2v) is 4.41. The lowest BCUT2D eigenvalue weighted by Gasteiger charge is -2.04. The van der Waals surface area contributed by atoms with Crippen LogP contribution in [-0.4, -0.2) is 5.91 Å². The highest BCUT2D eigenvalue weighted by Crippen LogP contribution is 2.13. The first-order valence-electron chi connectivity index (χ1n) is 6.37. The van der Waals surface area contributed by atoms with Crippen LogP contribution in [-0.2, 0) is 4.79 Å². The summed E-state index contributed by atoms with van der Waals surface area (Å²) in [6, 6.07) is 5.11. The SMILES string of the molecule is C=C/C=c1\c(=C/C=C)oc(=O)c2cc(NC(C)=O)ccc12. The van der Waals surface area contributed by atoms with Crippen molar-refractivity contribution in [2.24, 2.45) is 0 Å². The quantitative estimate of drug-likeness (QED) is 0.931. The summed E-state index contributed by atoms with van der Waals surface area (Å²) in [5.74, 6) is -0.201. The molecule has 0 radical (unpaired) electrons. The molecule has 2 rings (SSSR count). The number of hydrogen-bond acceptors (Lipinski definition) is 3. The van der Waals surface area contributed by atoms with E-state index >= 15 is 0 Å². The zero-order chi connectivity index (χ0) is 15.4. The van der Waals surface area contributed by atoms with Gasteiger partial charge in [-0.1, -0.05) is 37.5 Å². The maximum Gasteiger partial charge on any atom is 0.344 e. The maximum atomic E-state index is 12.1. The highest BCUT2D eigenvalue weighted by atomic mass is 16.4. The lowest BCUT2D eigenvalue weighted by molar-refractivity contribution is -0.114. The molecule has 0 aliphatic carbocycles. The highest BCUT2D eigenvalue weighted by molar-refractivity contribution is 5.93. The smallest absolute Gasteiger partial charge is 0.344 e. The van der Waals surface area contributed by atoms with Crippen molar-refractivity contribution in [3.63, 3.8) is 0 Å². The summed E-state index contributed by atoms with van der Waals surface area (Å²) < 4.78 is 5.30. The molecule has 1 amide bonds. The molecule has 106 valence electrons. The normalized spacial score (nSPS) is 12.4. The molecular formula is C17H15NO3. The first-order valence-corrected chi connectivity index (χ1v) is 6.37. The van der Waals surface area contributed by atoms with E-state index in [9.17, 15) is 9.59 Å². The van der Waals surface area contributed by atoms with Crippen molar-refractivity contribution in [1.82, 2.24) is 0 Å². The van der Waals surface area contributed by atoms with Crippen LogP contribution in [0.2, 0.25) is 0 Å². The number of nitrogens with one attached hydrogen (secondary N) is 1. The van der Waals surface area contributed by atoms with Gasteiger partial charge < -0.3 is 9.73 Å². The Morgan fingerprint density at radius 2 is 1.90 bits per heavy atom. The van der Waals surface area contributed by atoms with E-state index in [1.807, 2.05) is 0 Å². The van der Waals surface area contributed by atoms with E-state index in [1.54, 1.807) is 42.5 Å². The predicted octanol–water partition coefficient (Wildman–Crippen LogP) is 1.68. The van der Waals surface area contributed by atoms with Crippen LogP contribution in [0.15, 0.2) is 52.7 Å². The molecule has 0 aliphatic rings. The molecule has 1 heterocycles. The molecule has 0 saturated carbocycles. The van der Waals surface area contributed by atoms with Crippen molar-refractivity contribution in [3.8, 4) is 0 Å². The molecule has 0 atom stereocenters. The van der Waals surface area contributed by atoms with Crippen LogP contribution in [0.3, 0.4) is 0 Å². The second-order valence-electron chi connectivity index (χ2n) is 4.41. The molecule has 0 aliphatic heterocycles. The van der Waals surface area contributed by atoms with E-state index in [0.29, 0.717) is 16.5 Å². The van der Waals surface area contributed by atoms with Crippen LogP contribution in [0.4, 0.5) is 5.69 Å². The van der Waals surface area contributed by atoms with Crippen molar-refractivity contribution in [1.29, 1.82) is 0 Å². The minimum Gasteiger partial charge on any atom is -0.422 e. The monoisotopic (exact) mass is 281 g/mol. The molecule has 0 unspecified atom stereocenters. The van der Waals surface area contributed by atoms with Gasteiger partial charge in [-0.15, -0.1) is 0 Å². The van der Waals surface area contributed by atoms with Gasteiger partial charge in [0.15, 0.2) is 0 Å². The van der Waals surface area contributed by atoms with Crippen molar-refractivity contribution in [3.05, 3.63) is 64.6 Å². The third-order valence-electron chi connectivity index (χ3n) is 2.87. The number of benzene rings is 1. The van der Waals surface area contributed by atoms with Crippen molar-refractivity contribution < 1.29 is 9.21 Å². The number of hydrogen-bond donors (Lipinski definition) is 1. The standard InChI is InChI=1S/C17H15NO3/c1-4-6-14-13-9-8-12(18-11(3)19)10-15(13)17(20)21-16(14)7-5-2/h4-10H,1-2H2,3H3,(H,18,19)/b14-6-,16-7+. The lowest BCUT2D eigenvalue weighted by atomic mass is 10.1. The fourth-order valence-electron chi connectivity index (χ4n) is 2.09. The number of carbonyl (C=O) groups is 1. The van der Waals surface area contributed by atoms with Crippen molar-refractivity contribution in [2.45, 2.75) is 6.92 Å². The average molecular weight is 281 g/mol.